The van der Waals surface area contributed by atoms with Gasteiger partial charge >= 0.3 is 0 Å². The number of sulfone groups is 1. The molecule has 24 heavy (non-hydrogen) atoms. The number of carbonyl (C=O) groups excluding carboxylic acids is 1. The highest BCUT2D eigenvalue weighted by Gasteiger charge is 2.21. The van der Waals surface area contributed by atoms with Crippen LogP contribution in [-0.2, 0) is 16.4 Å². The monoisotopic (exact) mass is 360 g/mol. The van der Waals surface area contributed by atoms with E-state index in [2.05, 4.69) is 4.98 Å². The van der Waals surface area contributed by atoms with Gasteiger partial charge in [-0.2, -0.15) is 0 Å². The zero-order valence-electron chi connectivity index (χ0n) is 13.3. The summed E-state index contributed by atoms with van der Waals surface area (Å²) < 4.78 is 24.8. The average molecular weight is 360 g/mol. The lowest BCUT2D eigenvalue weighted by molar-refractivity contribution is 0.0781. The Balaban J connectivity index is 1.88. The van der Waals surface area contributed by atoms with Crippen molar-refractivity contribution in [1.29, 1.82) is 0 Å². The number of para-hydroxylation sites is 1. The number of fused-ring (bicyclic) bond motifs is 1. The van der Waals surface area contributed by atoms with Crippen molar-refractivity contribution in [2.75, 3.05) is 13.3 Å². The number of aromatic nitrogens is 1. The molecule has 7 heteroatoms. The van der Waals surface area contributed by atoms with Crippen LogP contribution in [-0.4, -0.2) is 37.5 Å². The molecule has 0 N–H and O–H groups in total. The maximum Gasteiger partial charge on any atom is 0.255 e. The molecule has 0 aliphatic rings. The number of hydrogen-bond donors (Lipinski definition) is 0. The van der Waals surface area contributed by atoms with Crippen LogP contribution < -0.4 is 0 Å². The maximum atomic E-state index is 12.7. The van der Waals surface area contributed by atoms with E-state index in [0.717, 1.165) is 21.5 Å². The van der Waals surface area contributed by atoms with E-state index in [9.17, 15) is 13.2 Å². The fourth-order valence-corrected chi connectivity index (χ4v) is 4.34. The molecule has 0 saturated carbocycles. The third-order valence-electron chi connectivity index (χ3n) is 3.57. The Bertz CT molecular complexity index is 976. The van der Waals surface area contributed by atoms with E-state index in [0.29, 0.717) is 6.54 Å². The Morgan fingerprint density at radius 2 is 1.79 bits per heavy atom. The van der Waals surface area contributed by atoms with Crippen LogP contribution in [0.15, 0.2) is 53.4 Å². The highest BCUT2D eigenvalue weighted by atomic mass is 32.2. The largest absolute Gasteiger partial charge is 0.335 e. The van der Waals surface area contributed by atoms with Crippen LogP contribution >= 0.6 is 11.3 Å². The van der Waals surface area contributed by atoms with Crippen LogP contribution in [0.1, 0.15) is 15.4 Å². The molecule has 0 atom stereocenters. The van der Waals surface area contributed by atoms with Gasteiger partial charge in [-0.25, -0.2) is 13.4 Å². The van der Waals surface area contributed by atoms with Crippen LogP contribution in [0, 0.1) is 0 Å². The minimum absolute atomic E-state index is 0.0474. The minimum Gasteiger partial charge on any atom is -0.335 e. The first kappa shape index (κ1) is 16.6. The molecule has 3 rings (SSSR count). The Morgan fingerprint density at radius 1 is 1.12 bits per heavy atom. The van der Waals surface area contributed by atoms with Crippen molar-refractivity contribution in [3.63, 3.8) is 0 Å². The zero-order chi connectivity index (χ0) is 17.3. The number of rotatable bonds is 4. The van der Waals surface area contributed by atoms with Gasteiger partial charge in [-0.3, -0.25) is 4.79 Å². The summed E-state index contributed by atoms with van der Waals surface area (Å²) in [6, 6.07) is 14.0. The molecule has 2 aromatic carbocycles. The summed E-state index contributed by atoms with van der Waals surface area (Å²) in [4.78, 5) is 18.7. The highest BCUT2D eigenvalue weighted by Crippen LogP contribution is 2.23. The van der Waals surface area contributed by atoms with Crippen LogP contribution in [0.25, 0.3) is 10.2 Å². The molecule has 5 nitrogen and oxygen atoms in total. The first-order valence-corrected chi connectivity index (χ1v) is 9.96. The van der Waals surface area contributed by atoms with Crippen LogP contribution in [0.3, 0.4) is 0 Å². The van der Waals surface area contributed by atoms with Gasteiger partial charge in [-0.1, -0.05) is 24.3 Å². The Kier molecular flexibility index (Phi) is 4.38. The third kappa shape index (κ3) is 3.32. The van der Waals surface area contributed by atoms with Gasteiger partial charge in [0.1, 0.15) is 5.01 Å². The lowest BCUT2D eigenvalue weighted by Gasteiger charge is -2.17. The maximum absolute atomic E-state index is 12.7. The molecule has 0 saturated heterocycles. The lowest BCUT2D eigenvalue weighted by Crippen LogP contribution is -2.27. The molecule has 0 fully saturated rings. The first-order chi connectivity index (χ1) is 11.4. The normalized spacial score (nSPS) is 11.6. The van der Waals surface area contributed by atoms with Crippen molar-refractivity contribution in [2.45, 2.75) is 11.4 Å². The number of thiazole rings is 1. The Labute approximate surface area is 144 Å². The minimum atomic E-state index is -3.47. The Hall–Kier alpha value is -2.25. The molecule has 1 aromatic heterocycles. The fraction of sp³-hybridized carbons (Fsp3) is 0.176. The van der Waals surface area contributed by atoms with Gasteiger partial charge in [0.25, 0.3) is 5.91 Å². The predicted molar refractivity (Wildman–Crippen MR) is 95.0 cm³/mol. The summed E-state index contributed by atoms with van der Waals surface area (Å²) in [7, 11) is -1.82. The van der Waals surface area contributed by atoms with Crippen LogP contribution in [0.2, 0.25) is 0 Å². The summed E-state index contributed by atoms with van der Waals surface area (Å²) in [6.07, 6.45) is 1.10. The molecule has 3 aromatic rings. The molecular formula is C17H16N2O3S2. The van der Waals surface area contributed by atoms with E-state index in [-0.39, 0.29) is 16.4 Å². The van der Waals surface area contributed by atoms with Gasteiger partial charge in [0.15, 0.2) is 9.84 Å². The van der Waals surface area contributed by atoms with E-state index in [1.165, 1.54) is 28.4 Å². The molecular weight excluding hydrogens is 344 g/mol. The molecule has 124 valence electrons. The first-order valence-electron chi connectivity index (χ1n) is 7.25. The van der Waals surface area contributed by atoms with Gasteiger partial charge < -0.3 is 4.90 Å². The smallest absolute Gasteiger partial charge is 0.255 e. The van der Waals surface area contributed by atoms with Gasteiger partial charge in [-0.15, -0.1) is 11.3 Å². The number of benzene rings is 2. The highest BCUT2D eigenvalue weighted by molar-refractivity contribution is 7.90. The molecule has 0 aliphatic heterocycles. The molecule has 0 bridgehead atoms. The number of nitrogens with zero attached hydrogens (tertiary/aromatic N) is 2. The van der Waals surface area contributed by atoms with Gasteiger partial charge in [0, 0.05) is 13.3 Å². The summed E-state index contributed by atoms with van der Waals surface area (Å²) in [5, 5.41) is 0.809. The molecule has 1 heterocycles. The molecule has 0 unspecified atom stereocenters. The van der Waals surface area contributed by atoms with E-state index in [4.69, 9.17) is 0 Å². The van der Waals surface area contributed by atoms with E-state index >= 15 is 0 Å². The van der Waals surface area contributed by atoms with Crippen LogP contribution in [0.5, 0.6) is 0 Å². The summed E-state index contributed by atoms with van der Waals surface area (Å²) in [5.41, 5.74) is 1.08. The van der Waals surface area contributed by atoms with Crippen molar-refractivity contribution in [3.8, 4) is 0 Å². The molecule has 0 spiro atoms. The van der Waals surface area contributed by atoms with Crippen LogP contribution in [0.4, 0.5) is 0 Å². The van der Waals surface area contributed by atoms with Crippen molar-refractivity contribution in [1.82, 2.24) is 9.88 Å². The number of amides is 1. The average Bonchev–Trinajstić information content (AvgIpc) is 2.95. The van der Waals surface area contributed by atoms with Gasteiger partial charge in [0.2, 0.25) is 0 Å². The van der Waals surface area contributed by atoms with Crippen molar-refractivity contribution in [2.24, 2.45) is 0 Å². The summed E-state index contributed by atoms with van der Waals surface area (Å²) in [5.74, 6) is -0.338. The summed E-state index contributed by atoms with van der Waals surface area (Å²) in [6.45, 7) is 0.330. The van der Waals surface area contributed by atoms with E-state index in [1.807, 2.05) is 24.3 Å². The quantitative estimate of drug-likeness (QED) is 0.717. The SMILES string of the molecule is CN(Cc1nc2ccccc2s1)C(=O)c1ccccc1S(C)(=O)=O. The van der Waals surface area contributed by atoms with E-state index in [1.54, 1.807) is 19.2 Å². The lowest BCUT2D eigenvalue weighted by atomic mass is 10.2. The summed E-state index contributed by atoms with van der Waals surface area (Å²) >= 11 is 1.52. The van der Waals surface area contributed by atoms with E-state index < -0.39 is 9.84 Å². The topological polar surface area (TPSA) is 67.3 Å². The van der Waals surface area contributed by atoms with Crippen molar-refractivity contribution >= 4 is 37.3 Å². The third-order valence-corrected chi connectivity index (χ3v) is 5.75. The van der Waals surface area contributed by atoms with Crippen molar-refractivity contribution in [3.05, 3.63) is 59.1 Å². The van der Waals surface area contributed by atoms with Gasteiger partial charge in [0.05, 0.1) is 27.2 Å². The standard InChI is InChI=1S/C17H16N2O3S2/c1-19(11-16-18-13-8-4-5-9-14(13)23-16)17(20)12-7-3-6-10-15(12)24(2,21)22/h3-10H,11H2,1-2H3. The second-order valence-electron chi connectivity index (χ2n) is 5.50. The fourth-order valence-electron chi connectivity index (χ4n) is 2.43. The van der Waals surface area contributed by atoms with Gasteiger partial charge in [-0.05, 0) is 24.3 Å². The molecule has 0 aliphatic carbocycles. The number of hydrogen-bond acceptors (Lipinski definition) is 5. The number of carbonyl (C=O) groups is 1. The molecule has 1 amide bonds. The predicted octanol–water partition coefficient (Wildman–Crippen LogP) is 2.97. The van der Waals surface area contributed by atoms with Crippen molar-refractivity contribution < 1.29 is 13.2 Å². The Morgan fingerprint density at radius 3 is 2.50 bits per heavy atom. The second kappa shape index (κ2) is 6.33. The molecule has 0 radical (unpaired) electrons. The zero-order valence-corrected chi connectivity index (χ0v) is 14.9. The second-order valence-corrected chi connectivity index (χ2v) is 8.60.